The van der Waals surface area contributed by atoms with E-state index in [0.717, 1.165) is 0 Å². The Hall–Kier alpha value is -1.86. The predicted molar refractivity (Wildman–Crippen MR) is 53.9 cm³/mol. The minimum Gasteiger partial charge on any atom is -0.467 e. The number of rotatable bonds is 7. The van der Waals surface area contributed by atoms with Crippen molar-refractivity contribution in [3.8, 4) is 0 Å². The molecule has 0 spiro atoms. The first-order valence-corrected chi connectivity index (χ1v) is 4.35. The fourth-order valence-electron chi connectivity index (χ4n) is 0.970. The standard InChI is InChI=1S/C7H15N5O3/c1-15-6(13)5(11-12-14)3-2-4-10-7(8)9/h5H,2-4H2,1H3,(H,11,14)(H4,8,9,10)/t5-/m0/s1. The van der Waals surface area contributed by atoms with Gasteiger partial charge in [0.1, 0.15) is 6.04 Å². The fourth-order valence-corrected chi connectivity index (χ4v) is 0.970. The molecular weight excluding hydrogens is 202 g/mol. The molecule has 0 aliphatic heterocycles. The highest BCUT2D eigenvalue weighted by Gasteiger charge is 2.17. The van der Waals surface area contributed by atoms with E-state index in [2.05, 4.69) is 20.8 Å². The van der Waals surface area contributed by atoms with Gasteiger partial charge in [0.05, 0.1) is 12.4 Å². The molecule has 0 rings (SSSR count). The summed E-state index contributed by atoms with van der Waals surface area (Å²) in [6.07, 6.45) is 0.931. The van der Waals surface area contributed by atoms with E-state index in [1.54, 1.807) is 0 Å². The maximum Gasteiger partial charge on any atom is 0.330 e. The van der Waals surface area contributed by atoms with Crippen molar-refractivity contribution in [2.24, 2.45) is 11.0 Å². The Bertz CT molecular complexity index is 233. The van der Waals surface area contributed by atoms with Gasteiger partial charge in [0.15, 0.2) is 5.96 Å². The lowest BCUT2D eigenvalue weighted by atomic mass is 10.1. The molecule has 0 fully saturated rings. The van der Waals surface area contributed by atoms with Gasteiger partial charge < -0.3 is 15.8 Å². The zero-order valence-electron chi connectivity index (χ0n) is 8.45. The molecule has 8 nitrogen and oxygen atoms in total. The second-order valence-electron chi connectivity index (χ2n) is 2.78. The van der Waals surface area contributed by atoms with Gasteiger partial charge in [0.2, 0.25) is 0 Å². The Labute approximate surface area is 87.0 Å². The van der Waals surface area contributed by atoms with Crippen LogP contribution in [0, 0.1) is 10.3 Å². The van der Waals surface area contributed by atoms with E-state index >= 15 is 0 Å². The molecule has 0 bridgehead atoms. The van der Waals surface area contributed by atoms with Gasteiger partial charge in [-0.3, -0.25) is 10.8 Å². The van der Waals surface area contributed by atoms with Crippen LogP contribution < -0.4 is 16.5 Å². The van der Waals surface area contributed by atoms with Gasteiger partial charge in [0, 0.05) is 6.54 Å². The number of hydrogen-bond donors (Lipinski definition) is 4. The number of esters is 1. The molecule has 1 atom stereocenters. The molecule has 0 amide bonds. The monoisotopic (exact) mass is 217 g/mol. The van der Waals surface area contributed by atoms with Crippen molar-refractivity contribution in [1.82, 2.24) is 10.7 Å². The lowest BCUT2D eigenvalue weighted by Crippen LogP contribution is -2.36. The third-order valence-corrected chi connectivity index (χ3v) is 1.68. The van der Waals surface area contributed by atoms with Crippen molar-refractivity contribution in [2.45, 2.75) is 18.9 Å². The maximum absolute atomic E-state index is 11.1. The smallest absolute Gasteiger partial charge is 0.330 e. The largest absolute Gasteiger partial charge is 0.467 e. The summed E-state index contributed by atoms with van der Waals surface area (Å²) in [5.41, 5.74) is 7.15. The predicted octanol–water partition coefficient (Wildman–Crippen LogP) is -0.938. The molecular formula is C7H15N5O3. The first-order chi connectivity index (χ1) is 7.11. The van der Waals surface area contributed by atoms with Crippen LogP contribution in [-0.2, 0) is 9.53 Å². The molecule has 0 heterocycles. The highest BCUT2D eigenvalue weighted by molar-refractivity contribution is 5.75. The number of nitrogens with one attached hydrogen (secondary N) is 3. The lowest BCUT2D eigenvalue weighted by Gasteiger charge is -2.12. The van der Waals surface area contributed by atoms with Gasteiger partial charge in [-0.2, -0.15) is 0 Å². The van der Waals surface area contributed by atoms with Crippen molar-refractivity contribution in [3.63, 3.8) is 0 Å². The third-order valence-electron chi connectivity index (χ3n) is 1.68. The molecule has 5 N–H and O–H groups in total. The van der Waals surface area contributed by atoms with E-state index in [9.17, 15) is 9.70 Å². The summed E-state index contributed by atoms with van der Waals surface area (Å²) < 4.78 is 4.46. The van der Waals surface area contributed by atoms with Gasteiger partial charge in [-0.15, -0.1) is 4.91 Å². The topological polar surface area (TPSA) is 130 Å². The van der Waals surface area contributed by atoms with E-state index in [4.69, 9.17) is 11.1 Å². The summed E-state index contributed by atoms with van der Waals surface area (Å²) in [6, 6.07) is -0.749. The Morgan fingerprint density at radius 3 is 2.80 bits per heavy atom. The molecule has 0 saturated carbocycles. The van der Waals surface area contributed by atoms with Gasteiger partial charge in [-0.05, 0) is 12.8 Å². The van der Waals surface area contributed by atoms with Crippen LogP contribution in [0.25, 0.3) is 0 Å². The summed E-state index contributed by atoms with van der Waals surface area (Å²) in [7, 11) is 1.23. The molecule has 0 aromatic heterocycles. The SMILES string of the molecule is COC(=O)[C@H](CCCNC(=N)N)NN=O. The van der Waals surface area contributed by atoms with Gasteiger partial charge >= 0.3 is 5.97 Å². The number of hydrogen-bond acceptors (Lipinski definition) is 5. The molecule has 0 aliphatic carbocycles. The molecule has 0 aliphatic rings. The molecule has 15 heavy (non-hydrogen) atoms. The second-order valence-corrected chi connectivity index (χ2v) is 2.78. The van der Waals surface area contributed by atoms with Crippen LogP contribution in [-0.4, -0.2) is 31.6 Å². The summed E-state index contributed by atoms with van der Waals surface area (Å²) in [4.78, 5) is 21.0. The molecule has 0 saturated heterocycles. The lowest BCUT2D eigenvalue weighted by molar-refractivity contribution is -0.143. The number of nitrogens with two attached hydrogens (primary N) is 1. The Morgan fingerprint density at radius 2 is 2.33 bits per heavy atom. The molecule has 0 radical (unpaired) electrons. The zero-order chi connectivity index (χ0) is 11.7. The third kappa shape index (κ3) is 6.24. The average Bonchev–Trinajstić information content (AvgIpc) is 2.21. The number of guanidine groups is 1. The van der Waals surface area contributed by atoms with Crippen molar-refractivity contribution < 1.29 is 9.53 Å². The maximum atomic E-state index is 11.1. The Kier molecular flexibility index (Phi) is 6.60. The molecule has 0 unspecified atom stereocenters. The Morgan fingerprint density at radius 1 is 1.67 bits per heavy atom. The highest BCUT2D eigenvalue weighted by Crippen LogP contribution is 1.98. The van der Waals surface area contributed by atoms with E-state index < -0.39 is 12.0 Å². The van der Waals surface area contributed by atoms with Crippen LogP contribution in [0.15, 0.2) is 5.29 Å². The van der Waals surface area contributed by atoms with E-state index in [1.807, 2.05) is 0 Å². The fraction of sp³-hybridized carbons (Fsp3) is 0.714. The number of nitroso groups, excluding NO2 is 1. The summed E-state index contributed by atoms with van der Waals surface area (Å²) in [6.45, 7) is 0.448. The van der Waals surface area contributed by atoms with Gasteiger partial charge in [-0.1, -0.05) is 0 Å². The van der Waals surface area contributed by atoms with Crippen LogP contribution in [0.2, 0.25) is 0 Å². The second kappa shape index (κ2) is 7.54. The first kappa shape index (κ1) is 13.1. The number of carbonyl (C=O) groups is 1. The van der Waals surface area contributed by atoms with Crippen molar-refractivity contribution in [1.29, 1.82) is 5.41 Å². The number of nitrogens with zero attached hydrogens (tertiary/aromatic N) is 1. The number of carbonyl (C=O) groups excluding carboxylic acids is 1. The minimum absolute atomic E-state index is 0.133. The van der Waals surface area contributed by atoms with Gasteiger partial charge in [0.25, 0.3) is 0 Å². The average molecular weight is 217 g/mol. The Balaban J connectivity index is 3.80. The quantitative estimate of drug-likeness (QED) is 0.109. The van der Waals surface area contributed by atoms with Crippen LogP contribution in [0.3, 0.4) is 0 Å². The highest BCUT2D eigenvalue weighted by atomic mass is 16.5. The van der Waals surface area contributed by atoms with Crippen LogP contribution in [0.1, 0.15) is 12.8 Å². The van der Waals surface area contributed by atoms with Crippen LogP contribution >= 0.6 is 0 Å². The number of methoxy groups -OCH3 is 1. The molecule has 0 aromatic carbocycles. The van der Waals surface area contributed by atoms with E-state index in [0.29, 0.717) is 19.4 Å². The summed E-state index contributed by atoms with van der Waals surface area (Å²) >= 11 is 0. The molecule has 86 valence electrons. The normalized spacial score (nSPS) is 11.3. The summed E-state index contributed by atoms with van der Waals surface area (Å²) in [5.74, 6) is -0.677. The minimum atomic E-state index is -0.749. The van der Waals surface area contributed by atoms with Crippen molar-refractivity contribution in [2.75, 3.05) is 13.7 Å². The van der Waals surface area contributed by atoms with E-state index in [-0.39, 0.29) is 5.96 Å². The van der Waals surface area contributed by atoms with Gasteiger partial charge in [-0.25, -0.2) is 4.79 Å². The van der Waals surface area contributed by atoms with Crippen LogP contribution in [0.5, 0.6) is 0 Å². The first-order valence-electron chi connectivity index (χ1n) is 4.35. The number of ether oxygens (including phenoxy) is 1. The molecule has 8 heteroatoms. The van der Waals surface area contributed by atoms with Crippen molar-refractivity contribution >= 4 is 11.9 Å². The van der Waals surface area contributed by atoms with Crippen LogP contribution in [0.4, 0.5) is 0 Å². The van der Waals surface area contributed by atoms with E-state index in [1.165, 1.54) is 7.11 Å². The summed E-state index contributed by atoms with van der Waals surface area (Å²) in [5, 5.41) is 11.9. The zero-order valence-corrected chi connectivity index (χ0v) is 8.45. The molecule has 0 aromatic rings. The van der Waals surface area contributed by atoms with Crippen molar-refractivity contribution in [3.05, 3.63) is 4.91 Å².